The topological polar surface area (TPSA) is 53.1 Å². The Morgan fingerprint density at radius 3 is 2.21 bits per heavy atom. The molecule has 0 N–H and O–H groups in total. The molecule has 28 heavy (non-hydrogen) atoms. The van der Waals surface area contributed by atoms with Gasteiger partial charge in [0.05, 0.1) is 6.54 Å². The van der Waals surface area contributed by atoms with Crippen LogP contribution < -0.4 is 4.74 Å². The molecular formula is C22H35N3O3. The van der Waals surface area contributed by atoms with Crippen molar-refractivity contribution in [1.82, 2.24) is 14.7 Å². The fourth-order valence-corrected chi connectivity index (χ4v) is 3.47. The number of piperazine rings is 1. The summed E-state index contributed by atoms with van der Waals surface area (Å²) in [7, 11) is 0. The maximum absolute atomic E-state index is 12.6. The van der Waals surface area contributed by atoms with Gasteiger partial charge in [0.25, 0.3) is 5.91 Å². The molecule has 6 heteroatoms. The van der Waals surface area contributed by atoms with E-state index >= 15 is 0 Å². The zero-order valence-corrected chi connectivity index (χ0v) is 18.0. The lowest BCUT2D eigenvalue weighted by Crippen LogP contribution is -2.52. The molecule has 0 atom stereocenters. The largest absolute Gasteiger partial charge is 0.483 e. The first-order valence-electron chi connectivity index (χ1n) is 10.3. The third-order valence-electron chi connectivity index (χ3n) is 5.25. The summed E-state index contributed by atoms with van der Waals surface area (Å²) in [6, 6.07) is 7.89. The fourth-order valence-electron chi connectivity index (χ4n) is 3.47. The smallest absolute Gasteiger partial charge is 0.260 e. The fraction of sp³-hybridized carbons (Fsp3) is 0.636. The van der Waals surface area contributed by atoms with E-state index in [1.54, 1.807) is 0 Å². The molecule has 1 aromatic rings. The molecule has 0 unspecified atom stereocenters. The molecule has 1 heterocycles. The third-order valence-corrected chi connectivity index (χ3v) is 5.25. The van der Waals surface area contributed by atoms with Crippen LogP contribution in [0, 0.1) is 0 Å². The summed E-state index contributed by atoms with van der Waals surface area (Å²) in [6.07, 6.45) is 0. The number of amides is 2. The number of carbonyl (C=O) groups is 2. The van der Waals surface area contributed by atoms with Crippen LogP contribution in [0.2, 0.25) is 0 Å². The van der Waals surface area contributed by atoms with Crippen LogP contribution in [-0.4, -0.2) is 78.9 Å². The molecular weight excluding hydrogens is 354 g/mol. The van der Waals surface area contributed by atoms with Gasteiger partial charge in [-0.3, -0.25) is 14.5 Å². The van der Waals surface area contributed by atoms with Gasteiger partial charge in [0.15, 0.2) is 6.61 Å². The number of para-hydroxylation sites is 1. The van der Waals surface area contributed by atoms with Crippen molar-refractivity contribution < 1.29 is 14.3 Å². The summed E-state index contributed by atoms with van der Waals surface area (Å²) >= 11 is 0. The SMILES string of the molecule is CCN(CC)C(=O)CN1CCN(C(=O)COc2ccccc2C(C)(C)C)CC1. The Morgan fingerprint density at radius 1 is 1.04 bits per heavy atom. The number of ether oxygens (including phenoxy) is 1. The normalized spacial score (nSPS) is 15.4. The van der Waals surface area contributed by atoms with Gasteiger partial charge >= 0.3 is 0 Å². The van der Waals surface area contributed by atoms with Gasteiger partial charge < -0.3 is 14.5 Å². The Kier molecular flexibility index (Phi) is 7.87. The molecule has 1 aliphatic rings. The first-order chi connectivity index (χ1) is 13.3. The van der Waals surface area contributed by atoms with Crippen molar-refractivity contribution in [3.8, 4) is 5.75 Å². The van der Waals surface area contributed by atoms with Crippen molar-refractivity contribution in [1.29, 1.82) is 0 Å². The van der Waals surface area contributed by atoms with Crippen LogP contribution in [0.25, 0.3) is 0 Å². The number of likely N-dealkylation sites (N-methyl/N-ethyl adjacent to an activating group) is 1. The van der Waals surface area contributed by atoms with Gasteiger partial charge in [0.2, 0.25) is 5.91 Å². The second-order valence-corrected chi connectivity index (χ2v) is 8.26. The number of hydrogen-bond donors (Lipinski definition) is 0. The molecule has 0 bridgehead atoms. The third kappa shape index (κ3) is 5.96. The van der Waals surface area contributed by atoms with Crippen LogP contribution in [0.1, 0.15) is 40.2 Å². The van der Waals surface area contributed by atoms with Crippen molar-refractivity contribution in [2.75, 3.05) is 52.4 Å². The standard InChI is InChI=1S/C22H35N3O3/c1-6-24(7-2)20(26)16-23-12-14-25(15-13-23)21(27)17-28-19-11-9-8-10-18(19)22(3,4)5/h8-11H,6-7,12-17H2,1-5H3. The van der Waals surface area contributed by atoms with Crippen molar-refractivity contribution >= 4 is 11.8 Å². The summed E-state index contributed by atoms with van der Waals surface area (Å²) in [5.41, 5.74) is 1.06. The lowest BCUT2D eigenvalue weighted by molar-refractivity contribution is -0.136. The van der Waals surface area contributed by atoms with Gasteiger partial charge in [-0.2, -0.15) is 0 Å². The van der Waals surface area contributed by atoms with Crippen LogP contribution in [0.15, 0.2) is 24.3 Å². The number of nitrogens with zero attached hydrogens (tertiary/aromatic N) is 3. The zero-order valence-electron chi connectivity index (χ0n) is 18.0. The van der Waals surface area contributed by atoms with Gasteiger partial charge in [-0.05, 0) is 30.9 Å². The molecule has 1 fully saturated rings. The zero-order chi connectivity index (χ0) is 20.7. The highest BCUT2D eigenvalue weighted by Crippen LogP contribution is 2.30. The highest BCUT2D eigenvalue weighted by Gasteiger charge is 2.24. The van der Waals surface area contributed by atoms with Gasteiger partial charge in [0.1, 0.15) is 5.75 Å². The minimum Gasteiger partial charge on any atom is -0.483 e. The molecule has 0 aliphatic carbocycles. The van der Waals surface area contributed by atoms with E-state index in [9.17, 15) is 9.59 Å². The average Bonchev–Trinajstić information content (AvgIpc) is 2.67. The van der Waals surface area contributed by atoms with Crippen molar-refractivity contribution in [3.63, 3.8) is 0 Å². The Labute approximate surface area is 169 Å². The molecule has 156 valence electrons. The Balaban J connectivity index is 1.83. The summed E-state index contributed by atoms with van der Waals surface area (Å²) in [4.78, 5) is 30.6. The first kappa shape index (κ1) is 22.2. The Bertz CT molecular complexity index is 657. The summed E-state index contributed by atoms with van der Waals surface area (Å²) < 4.78 is 5.87. The quantitative estimate of drug-likeness (QED) is 0.718. The van der Waals surface area contributed by atoms with E-state index in [1.807, 2.05) is 47.9 Å². The van der Waals surface area contributed by atoms with E-state index in [2.05, 4.69) is 25.7 Å². The monoisotopic (exact) mass is 389 g/mol. The van der Waals surface area contributed by atoms with E-state index < -0.39 is 0 Å². The highest BCUT2D eigenvalue weighted by atomic mass is 16.5. The number of carbonyl (C=O) groups excluding carboxylic acids is 2. The predicted molar refractivity (Wildman–Crippen MR) is 112 cm³/mol. The number of benzene rings is 1. The maximum atomic E-state index is 12.6. The lowest BCUT2D eigenvalue weighted by Gasteiger charge is -2.35. The molecule has 2 rings (SSSR count). The van der Waals surface area contributed by atoms with Crippen molar-refractivity contribution in [3.05, 3.63) is 29.8 Å². The minimum atomic E-state index is -0.0390. The van der Waals surface area contributed by atoms with Gasteiger partial charge in [0, 0.05) is 39.3 Å². The molecule has 0 spiro atoms. The maximum Gasteiger partial charge on any atom is 0.260 e. The van der Waals surface area contributed by atoms with E-state index in [0.717, 1.165) is 37.5 Å². The van der Waals surface area contributed by atoms with Crippen LogP contribution in [0.3, 0.4) is 0 Å². The van der Waals surface area contributed by atoms with Crippen molar-refractivity contribution in [2.24, 2.45) is 0 Å². The molecule has 0 radical (unpaired) electrons. The predicted octanol–water partition coefficient (Wildman–Crippen LogP) is 2.38. The molecule has 0 aromatic heterocycles. The molecule has 1 saturated heterocycles. The van der Waals surface area contributed by atoms with Crippen LogP contribution in [0.5, 0.6) is 5.75 Å². The molecule has 0 saturated carbocycles. The molecule has 2 amide bonds. The number of rotatable bonds is 7. The molecule has 6 nitrogen and oxygen atoms in total. The second kappa shape index (κ2) is 9.92. The lowest BCUT2D eigenvalue weighted by atomic mass is 9.86. The summed E-state index contributed by atoms with van der Waals surface area (Å²) in [6.45, 7) is 15.1. The van der Waals surface area contributed by atoms with Crippen LogP contribution in [-0.2, 0) is 15.0 Å². The highest BCUT2D eigenvalue weighted by molar-refractivity contribution is 5.79. The molecule has 1 aliphatic heterocycles. The summed E-state index contributed by atoms with van der Waals surface area (Å²) in [5.74, 6) is 0.928. The second-order valence-electron chi connectivity index (χ2n) is 8.26. The van der Waals surface area contributed by atoms with Crippen LogP contribution in [0.4, 0.5) is 0 Å². The Hall–Kier alpha value is -2.08. The van der Waals surface area contributed by atoms with E-state index in [1.165, 1.54) is 0 Å². The summed E-state index contributed by atoms with van der Waals surface area (Å²) in [5, 5.41) is 0. The van der Waals surface area contributed by atoms with E-state index in [-0.39, 0.29) is 23.8 Å². The average molecular weight is 390 g/mol. The van der Waals surface area contributed by atoms with Gasteiger partial charge in [-0.25, -0.2) is 0 Å². The van der Waals surface area contributed by atoms with E-state index in [4.69, 9.17) is 4.74 Å². The molecule has 1 aromatic carbocycles. The van der Waals surface area contributed by atoms with Gasteiger partial charge in [-0.1, -0.05) is 39.0 Å². The van der Waals surface area contributed by atoms with E-state index in [0.29, 0.717) is 19.6 Å². The minimum absolute atomic E-state index is 0.00145. The van der Waals surface area contributed by atoms with Gasteiger partial charge in [-0.15, -0.1) is 0 Å². The number of hydrogen-bond acceptors (Lipinski definition) is 4. The Morgan fingerprint density at radius 2 is 1.64 bits per heavy atom. The first-order valence-corrected chi connectivity index (χ1v) is 10.3. The van der Waals surface area contributed by atoms with Crippen molar-refractivity contribution in [2.45, 2.75) is 40.0 Å². The van der Waals surface area contributed by atoms with Crippen LogP contribution >= 0.6 is 0 Å².